The van der Waals surface area contributed by atoms with E-state index in [1.165, 1.54) is 19.4 Å². The Bertz CT molecular complexity index is 396. The van der Waals surface area contributed by atoms with E-state index in [0.717, 1.165) is 46.6 Å². The van der Waals surface area contributed by atoms with Crippen LogP contribution in [-0.4, -0.2) is 29.5 Å². The van der Waals surface area contributed by atoms with E-state index in [4.69, 9.17) is 5.73 Å². The first-order valence-electron chi connectivity index (χ1n) is 6.41. The van der Waals surface area contributed by atoms with Crippen LogP contribution >= 0.6 is 31.9 Å². The van der Waals surface area contributed by atoms with Crippen LogP contribution < -0.4 is 5.73 Å². The molecule has 0 bridgehead atoms. The molecule has 0 radical (unpaired) electrons. The smallest absolute Gasteiger partial charge is 0.0686 e. The van der Waals surface area contributed by atoms with Gasteiger partial charge in [-0.3, -0.25) is 9.88 Å². The number of hydrogen-bond acceptors (Lipinski definition) is 3. The predicted molar refractivity (Wildman–Crippen MR) is 81.3 cm³/mol. The number of hydrogen-bond donors (Lipinski definition) is 1. The summed E-state index contributed by atoms with van der Waals surface area (Å²) in [7, 11) is 0. The van der Waals surface area contributed by atoms with E-state index in [2.05, 4.69) is 47.8 Å². The summed E-state index contributed by atoms with van der Waals surface area (Å²) in [5, 5.41) is 0. The van der Waals surface area contributed by atoms with Gasteiger partial charge in [0.2, 0.25) is 0 Å². The Kier molecular flexibility index (Phi) is 5.60. The Hall–Kier alpha value is 0.0300. The number of rotatable bonds is 4. The van der Waals surface area contributed by atoms with Gasteiger partial charge in [-0.2, -0.15) is 0 Å². The van der Waals surface area contributed by atoms with Crippen LogP contribution in [0, 0.1) is 5.92 Å². The van der Waals surface area contributed by atoms with Gasteiger partial charge in [-0.15, -0.1) is 0 Å². The van der Waals surface area contributed by atoms with Crippen molar-refractivity contribution in [1.82, 2.24) is 9.88 Å². The molecule has 0 amide bonds. The van der Waals surface area contributed by atoms with E-state index in [9.17, 15) is 0 Å². The van der Waals surface area contributed by atoms with Crippen LogP contribution in [-0.2, 0) is 6.54 Å². The third-order valence-corrected chi connectivity index (χ3v) is 4.56. The Labute approximate surface area is 125 Å². The van der Waals surface area contributed by atoms with Crippen LogP contribution in [0.3, 0.4) is 0 Å². The summed E-state index contributed by atoms with van der Waals surface area (Å²) in [5.41, 5.74) is 6.77. The minimum atomic E-state index is 0.762. The maximum absolute atomic E-state index is 5.65. The van der Waals surface area contributed by atoms with E-state index in [0.29, 0.717) is 0 Å². The lowest BCUT2D eigenvalue weighted by molar-refractivity contribution is 0.161. The summed E-state index contributed by atoms with van der Waals surface area (Å²) in [4.78, 5) is 6.97. The first-order chi connectivity index (χ1) is 8.69. The Balaban J connectivity index is 1.96. The largest absolute Gasteiger partial charge is 0.330 e. The zero-order chi connectivity index (χ0) is 13.0. The number of piperidine rings is 1. The van der Waals surface area contributed by atoms with E-state index in [1.807, 2.05) is 6.20 Å². The van der Waals surface area contributed by atoms with Gasteiger partial charge in [-0.25, -0.2) is 0 Å². The van der Waals surface area contributed by atoms with E-state index in [1.54, 1.807) is 0 Å². The number of likely N-dealkylation sites (tertiary alicyclic amines) is 1. The number of nitrogens with two attached hydrogens (primary N) is 1. The van der Waals surface area contributed by atoms with Crippen LogP contribution in [0.4, 0.5) is 0 Å². The Morgan fingerprint density at radius 2 is 2.28 bits per heavy atom. The molecule has 1 atom stereocenters. The molecule has 2 heterocycles. The third-order valence-electron chi connectivity index (χ3n) is 3.44. The van der Waals surface area contributed by atoms with Crippen molar-refractivity contribution in [2.24, 2.45) is 11.7 Å². The predicted octanol–water partition coefficient (Wildman–Crippen LogP) is 3.17. The lowest BCUT2D eigenvalue weighted by Gasteiger charge is -2.32. The summed E-state index contributed by atoms with van der Waals surface area (Å²) < 4.78 is 2.09. The second-order valence-electron chi connectivity index (χ2n) is 4.90. The molecule has 1 aliphatic rings. The fraction of sp³-hybridized carbons (Fsp3) is 0.615. The summed E-state index contributed by atoms with van der Waals surface area (Å²) in [6, 6.07) is 2.06. The molecule has 2 rings (SSSR count). The highest BCUT2D eigenvalue weighted by molar-refractivity contribution is 9.11. The average Bonchev–Trinajstić information content (AvgIpc) is 2.34. The van der Waals surface area contributed by atoms with Crippen molar-refractivity contribution in [3.05, 3.63) is 26.9 Å². The average molecular weight is 377 g/mol. The molecule has 18 heavy (non-hydrogen) atoms. The van der Waals surface area contributed by atoms with Crippen LogP contribution in [0.15, 0.2) is 21.2 Å². The number of halogens is 2. The van der Waals surface area contributed by atoms with Crippen LogP contribution in [0.25, 0.3) is 0 Å². The molecular weight excluding hydrogens is 358 g/mol. The van der Waals surface area contributed by atoms with Crippen molar-refractivity contribution >= 4 is 31.9 Å². The van der Waals surface area contributed by atoms with Crippen LogP contribution in [0.1, 0.15) is 25.0 Å². The molecule has 5 heteroatoms. The highest BCUT2D eigenvalue weighted by Crippen LogP contribution is 2.24. The number of nitrogens with zero attached hydrogens (tertiary/aromatic N) is 2. The van der Waals surface area contributed by atoms with Gasteiger partial charge < -0.3 is 5.73 Å². The molecule has 3 nitrogen and oxygen atoms in total. The second-order valence-corrected chi connectivity index (χ2v) is 6.67. The maximum Gasteiger partial charge on any atom is 0.0686 e. The van der Waals surface area contributed by atoms with E-state index < -0.39 is 0 Å². The maximum atomic E-state index is 5.65. The Morgan fingerprint density at radius 1 is 1.44 bits per heavy atom. The molecule has 1 unspecified atom stereocenters. The first kappa shape index (κ1) is 14.4. The standard InChI is InChI=1S/C13H19Br2N3/c14-11-6-12(15)13(17-7-11)9-18-5-1-2-10(8-18)3-4-16/h6-7,10H,1-5,8-9,16H2. The number of aromatic nitrogens is 1. The lowest BCUT2D eigenvalue weighted by atomic mass is 9.95. The summed E-state index contributed by atoms with van der Waals surface area (Å²) in [5.74, 6) is 0.762. The van der Waals surface area contributed by atoms with E-state index in [-0.39, 0.29) is 0 Å². The number of pyridine rings is 1. The van der Waals surface area contributed by atoms with Gasteiger partial charge in [-0.05, 0) is 76.2 Å². The summed E-state index contributed by atoms with van der Waals surface area (Å²) >= 11 is 7.01. The topological polar surface area (TPSA) is 42.1 Å². The van der Waals surface area contributed by atoms with Crippen LogP contribution in [0.5, 0.6) is 0 Å². The highest BCUT2D eigenvalue weighted by atomic mass is 79.9. The monoisotopic (exact) mass is 375 g/mol. The molecule has 0 aromatic carbocycles. The molecule has 1 aromatic rings. The summed E-state index contributed by atoms with van der Waals surface area (Å²) in [6.07, 6.45) is 5.61. The van der Waals surface area contributed by atoms with Crippen molar-refractivity contribution in [2.75, 3.05) is 19.6 Å². The molecular formula is C13H19Br2N3. The highest BCUT2D eigenvalue weighted by Gasteiger charge is 2.20. The van der Waals surface area contributed by atoms with Gasteiger partial charge in [0.05, 0.1) is 5.69 Å². The molecule has 0 aliphatic carbocycles. The molecule has 1 aromatic heterocycles. The Morgan fingerprint density at radius 3 is 3.00 bits per heavy atom. The SMILES string of the molecule is NCCC1CCCN(Cc2ncc(Br)cc2Br)C1. The van der Waals surface area contributed by atoms with Crippen molar-refractivity contribution in [3.8, 4) is 0 Å². The first-order valence-corrected chi connectivity index (χ1v) is 8.00. The van der Waals surface area contributed by atoms with Gasteiger partial charge in [0.1, 0.15) is 0 Å². The minimum Gasteiger partial charge on any atom is -0.330 e. The van der Waals surface area contributed by atoms with E-state index >= 15 is 0 Å². The minimum absolute atomic E-state index is 0.762. The normalized spacial score (nSPS) is 21.2. The molecule has 100 valence electrons. The van der Waals surface area contributed by atoms with Gasteiger partial charge in [0, 0.05) is 28.2 Å². The fourth-order valence-corrected chi connectivity index (χ4v) is 3.65. The zero-order valence-corrected chi connectivity index (χ0v) is 13.6. The van der Waals surface area contributed by atoms with Crippen molar-refractivity contribution in [1.29, 1.82) is 0 Å². The molecule has 2 N–H and O–H groups in total. The van der Waals surface area contributed by atoms with Gasteiger partial charge in [0.15, 0.2) is 0 Å². The molecule has 1 saturated heterocycles. The molecule has 0 spiro atoms. The van der Waals surface area contributed by atoms with Gasteiger partial charge >= 0.3 is 0 Å². The van der Waals surface area contributed by atoms with Crippen molar-refractivity contribution in [3.63, 3.8) is 0 Å². The van der Waals surface area contributed by atoms with Gasteiger partial charge in [-0.1, -0.05) is 0 Å². The molecule has 1 aliphatic heterocycles. The fourth-order valence-electron chi connectivity index (χ4n) is 2.54. The molecule has 1 fully saturated rings. The van der Waals surface area contributed by atoms with Crippen LogP contribution in [0.2, 0.25) is 0 Å². The molecule has 0 saturated carbocycles. The quantitative estimate of drug-likeness (QED) is 0.877. The summed E-state index contributed by atoms with van der Waals surface area (Å²) in [6.45, 7) is 4.06. The van der Waals surface area contributed by atoms with Crippen molar-refractivity contribution in [2.45, 2.75) is 25.8 Å². The lowest BCUT2D eigenvalue weighted by Crippen LogP contribution is -2.36. The third kappa shape index (κ3) is 4.02. The second kappa shape index (κ2) is 6.98. The van der Waals surface area contributed by atoms with Crippen molar-refractivity contribution < 1.29 is 0 Å². The zero-order valence-electron chi connectivity index (χ0n) is 10.4. The van der Waals surface area contributed by atoms with Gasteiger partial charge in [0.25, 0.3) is 0 Å².